The zero-order valence-electron chi connectivity index (χ0n) is 10.5. The summed E-state index contributed by atoms with van der Waals surface area (Å²) in [5.41, 5.74) is 0.974. The van der Waals surface area contributed by atoms with Crippen LogP contribution in [0.15, 0.2) is 38.4 Å². The number of benzene rings is 1. The van der Waals surface area contributed by atoms with Crippen LogP contribution in [0.25, 0.3) is 0 Å². The lowest BCUT2D eigenvalue weighted by molar-refractivity contribution is 0.897. The summed E-state index contributed by atoms with van der Waals surface area (Å²) in [6.07, 6.45) is 2.31. The molecular formula is C14H12BrIN2OS. The highest BCUT2D eigenvalue weighted by Crippen LogP contribution is 2.40. The maximum Gasteiger partial charge on any atom is 0.264 e. The van der Waals surface area contributed by atoms with Gasteiger partial charge in [-0.2, -0.15) is 0 Å². The van der Waals surface area contributed by atoms with Crippen LogP contribution in [0.3, 0.4) is 0 Å². The number of aromatic amines is 1. The Morgan fingerprint density at radius 3 is 2.85 bits per heavy atom. The van der Waals surface area contributed by atoms with Crippen molar-refractivity contribution in [3.63, 3.8) is 0 Å². The Kier molecular flexibility index (Phi) is 4.52. The van der Waals surface area contributed by atoms with Crippen molar-refractivity contribution < 1.29 is 0 Å². The van der Waals surface area contributed by atoms with Crippen LogP contribution >= 0.6 is 50.3 Å². The smallest absolute Gasteiger partial charge is 0.264 e. The largest absolute Gasteiger partial charge is 0.309 e. The standard InChI is InChI=1S/C14H12BrIN2OS/c15-9-3-1-2-4-10(9)20-7-11-17-13(8-5-6-8)12(16)14(19)18-11/h1-4,8H,5-7H2,(H,17,18,19). The van der Waals surface area contributed by atoms with Gasteiger partial charge >= 0.3 is 0 Å². The van der Waals surface area contributed by atoms with Crippen LogP contribution in [0.2, 0.25) is 0 Å². The van der Waals surface area contributed by atoms with E-state index < -0.39 is 0 Å². The molecule has 3 nitrogen and oxygen atoms in total. The number of H-pyrrole nitrogens is 1. The third kappa shape index (κ3) is 3.28. The molecule has 0 atom stereocenters. The van der Waals surface area contributed by atoms with Crippen molar-refractivity contribution in [3.8, 4) is 0 Å². The molecule has 0 amide bonds. The Labute approximate surface area is 143 Å². The Morgan fingerprint density at radius 2 is 2.15 bits per heavy atom. The second-order valence-corrected chi connectivity index (χ2v) is 7.66. The molecule has 0 radical (unpaired) electrons. The summed E-state index contributed by atoms with van der Waals surface area (Å²) in [5, 5.41) is 0. The van der Waals surface area contributed by atoms with Crippen LogP contribution in [0.1, 0.15) is 30.3 Å². The molecule has 0 unspecified atom stereocenters. The van der Waals surface area contributed by atoms with Gasteiger partial charge in [0.05, 0.1) is 15.0 Å². The molecule has 0 aliphatic heterocycles. The lowest BCUT2D eigenvalue weighted by atomic mass is 10.3. The topological polar surface area (TPSA) is 45.8 Å². The van der Waals surface area contributed by atoms with Crippen molar-refractivity contribution in [2.75, 3.05) is 0 Å². The maximum absolute atomic E-state index is 11.9. The monoisotopic (exact) mass is 462 g/mol. The first-order valence-electron chi connectivity index (χ1n) is 6.31. The Bertz CT molecular complexity index is 700. The number of hydrogen-bond acceptors (Lipinski definition) is 3. The molecular weight excluding hydrogens is 451 g/mol. The lowest BCUT2D eigenvalue weighted by Gasteiger charge is -2.07. The van der Waals surface area contributed by atoms with Crippen LogP contribution in [-0.4, -0.2) is 9.97 Å². The molecule has 20 heavy (non-hydrogen) atoms. The van der Waals surface area contributed by atoms with Gasteiger partial charge in [0, 0.05) is 15.3 Å². The quantitative estimate of drug-likeness (QED) is 0.544. The van der Waals surface area contributed by atoms with Crippen molar-refractivity contribution in [3.05, 3.63) is 54.2 Å². The highest BCUT2D eigenvalue weighted by Gasteiger charge is 2.28. The molecule has 3 rings (SSSR count). The summed E-state index contributed by atoms with van der Waals surface area (Å²) >= 11 is 7.30. The fourth-order valence-electron chi connectivity index (χ4n) is 1.93. The van der Waals surface area contributed by atoms with E-state index in [0.717, 1.165) is 37.3 Å². The van der Waals surface area contributed by atoms with E-state index in [1.165, 1.54) is 0 Å². The van der Waals surface area contributed by atoms with Crippen molar-refractivity contribution in [2.45, 2.75) is 29.4 Å². The molecule has 104 valence electrons. The van der Waals surface area contributed by atoms with Gasteiger partial charge < -0.3 is 4.98 Å². The molecule has 1 fully saturated rings. The number of thioether (sulfide) groups is 1. The number of rotatable bonds is 4. The first-order chi connectivity index (χ1) is 9.65. The first-order valence-corrected chi connectivity index (χ1v) is 9.17. The van der Waals surface area contributed by atoms with Gasteiger partial charge in [0.1, 0.15) is 5.82 Å². The van der Waals surface area contributed by atoms with E-state index in [4.69, 9.17) is 0 Å². The molecule has 1 aliphatic carbocycles. The average Bonchev–Trinajstić information content (AvgIpc) is 3.26. The Hall–Kier alpha value is -0.340. The Balaban J connectivity index is 1.81. The van der Waals surface area contributed by atoms with Crippen molar-refractivity contribution in [2.24, 2.45) is 0 Å². The molecule has 0 bridgehead atoms. The summed E-state index contributed by atoms with van der Waals surface area (Å²) < 4.78 is 1.82. The highest BCUT2D eigenvalue weighted by atomic mass is 127. The first kappa shape index (κ1) is 14.6. The molecule has 1 saturated carbocycles. The molecule has 2 aromatic rings. The molecule has 1 aromatic heterocycles. The number of hydrogen-bond donors (Lipinski definition) is 1. The van der Waals surface area contributed by atoms with E-state index >= 15 is 0 Å². The summed E-state index contributed by atoms with van der Waals surface area (Å²) in [6.45, 7) is 0. The Morgan fingerprint density at radius 1 is 1.40 bits per heavy atom. The number of nitrogens with one attached hydrogen (secondary N) is 1. The van der Waals surface area contributed by atoms with Gasteiger partial charge in [0.2, 0.25) is 0 Å². The van der Waals surface area contributed by atoms with E-state index in [-0.39, 0.29) is 5.56 Å². The van der Waals surface area contributed by atoms with Crippen LogP contribution in [-0.2, 0) is 5.75 Å². The van der Waals surface area contributed by atoms with Crippen LogP contribution in [0, 0.1) is 3.57 Å². The fraction of sp³-hybridized carbons (Fsp3) is 0.286. The van der Waals surface area contributed by atoms with Crippen LogP contribution in [0.4, 0.5) is 0 Å². The van der Waals surface area contributed by atoms with E-state index in [9.17, 15) is 4.79 Å². The van der Waals surface area contributed by atoms with Gasteiger partial charge in [-0.3, -0.25) is 4.79 Å². The van der Waals surface area contributed by atoms with E-state index in [0.29, 0.717) is 11.7 Å². The number of aromatic nitrogens is 2. The minimum absolute atomic E-state index is 0.00905. The summed E-state index contributed by atoms with van der Waals surface area (Å²) in [4.78, 5) is 20.6. The lowest BCUT2D eigenvalue weighted by Crippen LogP contribution is -2.17. The highest BCUT2D eigenvalue weighted by molar-refractivity contribution is 14.1. The average molecular weight is 463 g/mol. The summed E-state index contributed by atoms with van der Waals surface area (Å²) in [5.74, 6) is 1.93. The summed E-state index contributed by atoms with van der Waals surface area (Å²) in [7, 11) is 0. The van der Waals surface area contributed by atoms with Crippen molar-refractivity contribution >= 4 is 50.3 Å². The minimum atomic E-state index is -0.00905. The molecule has 0 spiro atoms. The predicted molar refractivity (Wildman–Crippen MR) is 93.3 cm³/mol. The molecule has 1 aliphatic rings. The SMILES string of the molecule is O=c1[nH]c(CSc2ccccc2Br)nc(C2CC2)c1I. The fourth-order valence-corrected chi connectivity index (χ4v) is 4.06. The van der Waals surface area contributed by atoms with E-state index in [2.05, 4.69) is 54.6 Å². The van der Waals surface area contributed by atoms with Crippen molar-refractivity contribution in [1.29, 1.82) is 0 Å². The molecule has 6 heteroatoms. The maximum atomic E-state index is 11.9. The molecule has 0 saturated heterocycles. The van der Waals surface area contributed by atoms with Crippen LogP contribution < -0.4 is 5.56 Å². The molecule has 1 aromatic carbocycles. The zero-order valence-corrected chi connectivity index (χ0v) is 15.1. The third-order valence-corrected chi connectivity index (χ3v) is 6.18. The molecule has 1 N–H and O–H groups in total. The summed E-state index contributed by atoms with van der Waals surface area (Å²) in [6, 6.07) is 8.07. The van der Waals surface area contributed by atoms with Gasteiger partial charge in [-0.25, -0.2) is 4.98 Å². The number of halogens is 2. The third-order valence-electron chi connectivity index (χ3n) is 3.10. The van der Waals surface area contributed by atoms with Gasteiger partial charge in [-0.05, 0) is 63.5 Å². The van der Waals surface area contributed by atoms with Gasteiger partial charge in [0.15, 0.2) is 0 Å². The second kappa shape index (κ2) is 6.19. The normalized spacial score (nSPS) is 14.5. The zero-order chi connectivity index (χ0) is 14.1. The molecule has 1 heterocycles. The van der Waals surface area contributed by atoms with Gasteiger partial charge in [-0.1, -0.05) is 12.1 Å². The van der Waals surface area contributed by atoms with E-state index in [1.54, 1.807) is 11.8 Å². The van der Waals surface area contributed by atoms with Gasteiger partial charge in [-0.15, -0.1) is 11.8 Å². The van der Waals surface area contributed by atoms with Gasteiger partial charge in [0.25, 0.3) is 5.56 Å². The van der Waals surface area contributed by atoms with Crippen LogP contribution in [0.5, 0.6) is 0 Å². The second-order valence-electron chi connectivity index (χ2n) is 4.71. The van der Waals surface area contributed by atoms with E-state index in [1.807, 2.05) is 18.2 Å². The number of nitrogens with zero attached hydrogens (tertiary/aromatic N) is 1. The predicted octanol–water partition coefficient (Wildman–Crippen LogP) is 4.31. The minimum Gasteiger partial charge on any atom is -0.309 e. The van der Waals surface area contributed by atoms with Crippen molar-refractivity contribution in [1.82, 2.24) is 9.97 Å².